The second-order valence-corrected chi connectivity index (χ2v) is 6.03. The van der Waals surface area contributed by atoms with Crippen molar-refractivity contribution in [3.8, 4) is 5.88 Å². The minimum Gasteiger partial charge on any atom is -0.470 e. The number of hydrogen-bond donors (Lipinski definition) is 1. The summed E-state index contributed by atoms with van der Waals surface area (Å²) in [6, 6.07) is 11.3. The van der Waals surface area contributed by atoms with Crippen molar-refractivity contribution >= 4 is 27.6 Å². The molecule has 5 nitrogen and oxygen atoms in total. The topological polar surface area (TPSA) is 54.5 Å². The number of hydrogen-bond acceptors (Lipinski definition) is 3. The lowest BCUT2D eigenvalue weighted by atomic mass is 10.1. The van der Waals surface area contributed by atoms with Crippen molar-refractivity contribution in [3.63, 3.8) is 0 Å². The van der Waals surface area contributed by atoms with Gasteiger partial charge in [-0.25, -0.2) is 9.78 Å². The molecule has 114 valence electrons. The van der Waals surface area contributed by atoms with Gasteiger partial charge in [-0.05, 0) is 46.6 Å². The van der Waals surface area contributed by atoms with Crippen molar-refractivity contribution in [2.24, 2.45) is 0 Å². The number of aromatic nitrogens is 1. The van der Waals surface area contributed by atoms with E-state index in [0.29, 0.717) is 19.0 Å². The number of rotatable bonds is 3. The molecule has 0 saturated carbocycles. The lowest BCUT2D eigenvalue weighted by Crippen LogP contribution is -2.57. The van der Waals surface area contributed by atoms with E-state index in [2.05, 4.69) is 26.2 Å². The number of pyridine rings is 1. The number of benzene rings is 1. The van der Waals surface area contributed by atoms with Crippen LogP contribution in [0.15, 0.2) is 47.1 Å². The summed E-state index contributed by atoms with van der Waals surface area (Å²) >= 11 is 3.39. The highest BCUT2D eigenvalue weighted by Crippen LogP contribution is 2.25. The number of anilines is 1. The molecule has 2 aromatic rings. The molecule has 1 aliphatic heterocycles. The number of ether oxygens (including phenoxy) is 1. The number of para-hydroxylation sites is 1. The molecule has 1 saturated heterocycles. The Hall–Kier alpha value is -2.08. The second kappa shape index (κ2) is 6.36. The summed E-state index contributed by atoms with van der Waals surface area (Å²) in [5.74, 6) is 0.562. The van der Waals surface area contributed by atoms with Crippen LogP contribution < -0.4 is 10.1 Å². The minimum absolute atomic E-state index is 0.0196. The number of urea groups is 1. The predicted molar refractivity (Wildman–Crippen MR) is 88.1 cm³/mol. The van der Waals surface area contributed by atoms with Gasteiger partial charge in [-0.15, -0.1) is 0 Å². The molecule has 0 spiro atoms. The zero-order chi connectivity index (χ0) is 15.5. The molecule has 6 heteroatoms. The van der Waals surface area contributed by atoms with Crippen molar-refractivity contribution in [1.29, 1.82) is 0 Å². The molecule has 2 heterocycles. The number of nitrogens with zero attached hydrogens (tertiary/aromatic N) is 2. The van der Waals surface area contributed by atoms with E-state index in [-0.39, 0.29) is 12.1 Å². The van der Waals surface area contributed by atoms with Crippen LogP contribution in [-0.4, -0.2) is 35.1 Å². The van der Waals surface area contributed by atoms with Gasteiger partial charge in [0, 0.05) is 11.9 Å². The van der Waals surface area contributed by atoms with Crippen molar-refractivity contribution in [2.45, 2.75) is 13.0 Å². The first-order chi connectivity index (χ1) is 10.6. The third-order valence-corrected chi connectivity index (χ3v) is 4.13. The summed E-state index contributed by atoms with van der Waals surface area (Å²) in [6.45, 7) is 3.08. The Morgan fingerprint density at radius 2 is 2.09 bits per heavy atom. The van der Waals surface area contributed by atoms with Crippen LogP contribution in [0.1, 0.15) is 5.56 Å². The van der Waals surface area contributed by atoms with Crippen molar-refractivity contribution in [3.05, 3.63) is 52.6 Å². The summed E-state index contributed by atoms with van der Waals surface area (Å²) in [5.41, 5.74) is 1.88. The predicted octanol–water partition coefficient (Wildman–Crippen LogP) is 3.45. The van der Waals surface area contributed by atoms with Gasteiger partial charge in [-0.1, -0.05) is 18.2 Å². The Labute approximate surface area is 137 Å². The van der Waals surface area contributed by atoms with Gasteiger partial charge in [0.25, 0.3) is 0 Å². The molecule has 0 atom stereocenters. The number of carbonyl (C=O) groups is 1. The normalized spacial score (nSPS) is 14.4. The minimum atomic E-state index is -0.103. The molecule has 22 heavy (non-hydrogen) atoms. The van der Waals surface area contributed by atoms with E-state index in [1.54, 1.807) is 11.1 Å². The Balaban J connectivity index is 1.52. The molecule has 0 bridgehead atoms. The van der Waals surface area contributed by atoms with Gasteiger partial charge >= 0.3 is 6.03 Å². The number of amides is 2. The van der Waals surface area contributed by atoms with E-state index in [1.807, 2.05) is 43.3 Å². The van der Waals surface area contributed by atoms with E-state index in [0.717, 1.165) is 15.7 Å². The highest BCUT2D eigenvalue weighted by Gasteiger charge is 2.33. The van der Waals surface area contributed by atoms with E-state index in [4.69, 9.17) is 4.74 Å². The molecule has 1 N–H and O–H groups in total. The molecule has 3 rings (SSSR count). The molecule has 2 amide bonds. The molecular formula is C16H16BrN3O2. The van der Waals surface area contributed by atoms with Crippen molar-refractivity contribution in [2.75, 3.05) is 18.4 Å². The summed E-state index contributed by atoms with van der Waals surface area (Å²) < 4.78 is 6.57. The Morgan fingerprint density at radius 3 is 2.82 bits per heavy atom. The molecule has 0 aliphatic carbocycles. The lowest BCUT2D eigenvalue weighted by Gasteiger charge is -2.38. The molecule has 0 unspecified atom stereocenters. The van der Waals surface area contributed by atoms with Crippen LogP contribution in [0, 0.1) is 6.92 Å². The first-order valence-electron chi connectivity index (χ1n) is 7.02. The average molecular weight is 362 g/mol. The zero-order valence-electron chi connectivity index (χ0n) is 12.1. The van der Waals surface area contributed by atoms with E-state index in [1.165, 1.54) is 0 Å². The first-order valence-corrected chi connectivity index (χ1v) is 7.81. The number of nitrogens with one attached hydrogen (secondary N) is 1. The molecule has 1 aromatic heterocycles. The van der Waals surface area contributed by atoms with Gasteiger partial charge < -0.3 is 15.0 Å². The smallest absolute Gasteiger partial charge is 0.322 e. The zero-order valence-corrected chi connectivity index (χ0v) is 13.7. The van der Waals surface area contributed by atoms with Gasteiger partial charge in [0.15, 0.2) is 0 Å². The maximum absolute atomic E-state index is 12.1. The lowest BCUT2D eigenvalue weighted by molar-refractivity contribution is 0.0455. The van der Waals surface area contributed by atoms with Gasteiger partial charge in [0.1, 0.15) is 6.10 Å². The quantitative estimate of drug-likeness (QED) is 0.910. The maximum Gasteiger partial charge on any atom is 0.322 e. The maximum atomic E-state index is 12.1. The van der Waals surface area contributed by atoms with Gasteiger partial charge in [0.2, 0.25) is 5.88 Å². The van der Waals surface area contributed by atoms with Crippen LogP contribution in [0.25, 0.3) is 0 Å². The Morgan fingerprint density at radius 1 is 1.32 bits per heavy atom. The first kappa shape index (κ1) is 14.8. The SMILES string of the molecule is Cc1ccccc1NC(=O)N1CC(Oc2ncccc2Br)C1. The fourth-order valence-corrected chi connectivity index (χ4v) is 2.55. The molecular weight excluding hydrogens is 346 g/mol. The summed E-state index contributed by atoms with van der Waals surface area (Å²) in [7, 11) is 0. The van der Waals surface area contributed by atoms with Crippen LogP contribution in [0.3, 0.4) is 0 Å². The van der Waals surface area contributed by atoms with Crippen molar-refractivity contribution in [1.82, 2.24) is 9.88 Å². The summed E-state index contributed by atoms with van der Waals surface area (Å²) in [6.07, 6.45) is 1.66. The number of likely N-dealkylation sites (tertiary alicyclic amines) is 1. The highest BCUT2D eigenvalue weighted by molar-refractivity contribution is 9.10. The Kier molecular flexibility index (Phi) is 4.29. The second-order valence-electron chi connectivity index (χ2n) is 5.18. The van der Waals surface area contributed by atoms with Gasteiger partial charge in [0.05, 0.1) is 17.6 Å². The van der Waals surface area contributed by atoms with Crippen LogP contribution in [0.4, 0.5) is 10.5 Å². The average Bonchev–Trinajstić information content (AvgIpc) is 2.46. The van der Waals surface area contributed by atoms with E-state index >= 15 is 0 Å². The molecule has 1 aromatic carbocycles. The molecule has 0 radical (unpaired) electrons. The number of aryl methyl sites for hydroxylation is 1. The third-order valence-electron chi connectivity index (χ3n) is 3.52. The van der Waals surface area contributed by atoms with Crippen LogP contribution >= 0.6 is 15.9 Å². The fourth-order valence-electron chi connectivity index (χ4n) is 2.20. The van der Waals surface area contributed by atoms with Crippen molar-refractivity contribution < 1.29 is 9.53 Å². The molecule has 1 fully saturated rings. The third kappa shape index (κ3) is 3.22. The summed E-state index contributed by atoms with van der Waals surface area (Å²) in [5, 5.41) is 2.91. The largest absolute Gasteiger partial charge is 0.470 e. The van der Waals surface area contributed by atoms with Gasteiger partial charge in [-0.2, -0.15) is 0 Å². The highest BCUT2D eigenvalue weighted by atomic mass is 79.9. The van der Waals surface area contributed by atoms with E-state index in [9.17, 15) is 4.79 Å². The monoisotopic (exact) mass is 361 g/mol. The fraction of sp³-hybridized carbons (Fsp3) is 0.250. The Bertz CT molecular complexity index is 687. The van der Waals surface area contributed by atoms with Crippen LogP contribution in [0.5, 0.6) is 5.88 Å². The number of carbonyl (C=O) groups excluding carboxylic acids is 1. The van der Waals surface area contributed by atoms with Gasteiger partial charge in [-0.3, -0.25) is 0 Å². The van der Waals surface area contributed by atoms with Crippen LogP contribution in [0.2, 0.25) is 0 Å². The van der Waals surface area contributed by atoms with E-state index < -0.39 is 0 Å². The molecule has 1 aliphatic rings. The van der Waals surface area contributed by atoms with Crippen LogP contribution in [-0.2, 0) is 0 Å². The standard InChI is InChI=1S/C16H16BrN3O2/c1-11-5-2-3-7-14(11)19-16(21)20-9-12(10-20)22-15-13(17)6-4-8-18-15/h2-8,12H,9-10H2,1H3,(H,19,21). The number of halogens is 1. The summed E-state index contributed by atoms with van der Waals surface area (Å²) in [4.78, 5) is 18.0.